The Morgan fingerprint density at radius 3 is 2.77 bits per heavy atom. The van der Waals surface area contributed by atoms with E-state index in [0.29, 0.717) is 13.0 Å². The lowest BCUT2D eigenvalue weighted by Crippen LogP contribution is -2.46. The van der Waals surface area contributed by atoms with Crippen LogP contribution < -0.4 is 5.32 Å². The molecule has 1 aromatic carbocycles. The van der Waals surface area contributed by atoms with Crippen LogP contribution in [0, 0.1) is 0 Å². The molecular formula is C18H28N2O2. The minimum Gasteiger partial charge on any atom is -0.396 e. The molecule has 122 valence electrons. The van der Waals surface area contributed by atoms with Crippen molar-refractivity contribution in [2.75, 3.05) is 19.7 Å². The van der Waals surface area contributed by atoms with E-state index >= 15 is 0 Å². The third-order valence-electron chi connectivity index (χ3n) is 4.01. The zero-order valence-corrected chi connectivity index (χ0v) is 13.9. The Balaban J connectivity index is 2.08. The first-order valence-electron chi connectivity index (χ1n) is 8.14. The number of rotatable bonds is 6. The molecule has 4 heteroatoms. The summed E-state index contributed by atoms with van der Waals surface area (Å²) in [4.78, 5) is 14.5. The van der Waals surface area contributed by atoms with Gasteiger partial charge in [0.15, 0.2) is 0 Å². The molecule has 22 heavy (non-hydrogen) atoms. The van der Waals surface area contributed by atoms with E-state index in [1.165, 1.54) is 11.1 Å². The zero-order valence-electron chi connectivity index (χ0n) is 13.9. The molecule has 0 fully saturated rings. The third kappa shape index (κ3) is 4.55. The molecule has 1 atom stereocenters. The van der Waals surface area contributed by atoms with Crippen LogP contribution in [0.3, 0.4) is 0 Å². The molecule has 1 aromatic rings. The SMILES string of the molecule is CC(C)(C)NC(=O)CN(CCCO)C1CCc2ccccc21. The lowest BCUT2D eigenvalue weighted by Gasteiger charge is -2.30. The highest BCUT2D eigenvalue weighted by Crippen LogP contribution is 2.35. The number of aliphatic hydroxyl groups is 1. The van der Waals surface area contributed by atoms with E-state index in [0.717, 1.165) is 19.4 Å². The Morgan fingerprint density at radius 2 is 2.09 bits per heavy atom. The summed E-state index contributed by atoms with van der Waals surface area (Å²) in [6, 6.07) is 8.77. The predicted octanol–water partition coefficient (Wildman–Crippen LogP) is 2.27. The quantitative estimate of drug-likeness (QED) is 0.848. The molecule has 0 saturated carbocycles. The summed E-state index contributed by atoms with van der Waals surface area (Å²) in [5, 5.41) is 12.2. The molecule has 0 spiro atoms. The van der Waals surface area contributed by atoms with Crippen LogP contribution in [0.25, 0.3) is 0 Å². The van der Waals surface area contributed by atoms with Crippen LogP contribution in [-0.4, -0.2) is 41.1 Å². The summed E-state index contributed by atoms with van der Waals surface area (Å²) in [5.74, 6) is 0.0508. The average molecular weight is 304 g/mol. The Kier molecular flexibility index (Phi) is 5.59. The topological polar surface area (TPSA) is 52.6 Å². The van der Waals surface area contributed by atoms with Gasteiger partial charge in [0.05, 0.1) is 6.54 Å². The van der Waals surface area contributed by atoms with Crippen LogP contribution in [-0.2, 0) is 11.2 Å². The number of aliphatic hydroxyl groups excluding tert-OH is 1. The Bertz CT molecular complexity index is 508. The number of amides is 1. The third-order valence-corrected chi connectivity index (χ3v) is 4.01. The summed E-state index contributed by atoms with van der Waals surface area (Å²) >= 11 is 0. The monoisotopic (exact) mass is 304 g/mol. The van der Waals surface area contributed by atoms with Crippen molar-refractivity contribution in [2.24, 2.45) is 0 Å². The van der Waals surface area contributed by atoms with Gasteiger partial charge in [0, 0.05) is 24.7 Å². The molecule has 2 N–H and O–H groups in total. The Hall–Kier alpha value is -1.39. The predicted molar refractivity (Wildman–Crippen MR) is 88.7 cm³/mol. The van der Waals surface area contributed by atoms with Crippen LogP contribution in [0.15, 0.2) is 24.3 Å². The van der Waals surface area contributed by atoms with E-state index in [4.69, 9.17) is 5.11 Å². The highest BCUT2D eigenvalue weighted by Gasteiger charge is 2.29. The highest BCUT2D eigenvalue weighted by molar-refractivity contribution is 5.78. The van der Waals surface area contributed by atoms with E-state index in [2.05, 4.69) is 34.5 Å². The highest BCUT2D eigenvalue weighted by atomic mass is 16.3. The number of carbonyl (C=O) groups is 1. The van der Waals surface area contributed by atoms with Crippen molar-refractivity contribution >= 4 is 5.91 Å². The van der Waals surface area contributed by atoms with E-state index in [-0.39, 0.29) is 24.1 Å². The van der Waals surface area contributed by atoms with Gasteiger partial charge in [-0.15, -0.1) is 0 Å². The van der Waals surface area contributed by atoms with Crippen molar-refractivity contribution in [3.05, 3.63) is 35.4 Å². The van der Waals surface area contributed by atoms with Crippen molar-refractivity contribution < 1.29 is 9.90 Å². The van der Waals surface area contributed by atoms with Crippen molar-refractivity contribution in [2.45, 2.75) is 51.6 Å². The maximum Gasteiger partial charge on any atom is 0.234 e. The van der Waals surface area contributed by atoms with E-state index < -0.39 is 0 Å². The fourth-order valence-corrected chi connectivity index (χ4v) is 3.18. The summed E-state index contributed by atoms with van der Waals surface area (Å²) in [6.07, 6.45) is 2.81. The van der Waals surface area contributed by atoms with Gasteiger partial charge in [0.2, 0.25) is 5.91 Å². The van der Waals surface area contributed by atoms with Gasteiger partial charge in [-0.3, -0.25) is 9.69 Å². The van der Waals surface area contributed by atoms with Crippen LogP contribution in [0.1, 0.15) is 50.8 Å². The van der Waals surface area contributed by atoms with Crippen molar-refractivity contribution in [3.63, 3.8) is 0 Å². The summed E-state index contributed by atoms with van der Waals surface area (Å²) in [6.45, 7) is 7.27. The molecule has 2 rings (SSSR count). The van der Waals surface area contributed by atoms with Crippen molar-refractivity contribution in [1.29, 1.82) is 0 Å². The van der Waals surface area contributed by atoms with Gasteiger partial charge < -0.3 is 10.4 Å². The van der Waals surface area contributed by atoms with Gasteiger partial charge >= 0.3 is 0 Å². The first kappa shape index (κ1) is 17.0. The molecule has 0 bridgehead atoms. The number of nitrogens with one attached hydrogen (secondary N) is 1. The molecule has 0 heterocycles. The fraction of sp³-hybridized carbons (Fsp3) is 0.611. The number of hydrogen-bond acceptors (Lipinski definition) is 3. The first-order chi connectivity index (χ1) is 10.4. The van der Waals surface area contributed by atoms with Gasteiger partial charge in [-0.25, -0.2) is 0 Å². The molecule has 0 radical (unpaired) electrons. The van der Waals surface area contributed by atoms with Crippen LogP contribution in [0.5, 0.6) is 0 Å². The van der Waals surface area contributed by atoms with Gasteiger partial charge in [0.1, 0.15) is 0 Å². The van der Waals surface area contributed by atoms with Crippen LogP contribution in [0.2, 0.25) is 0 Å². The molecule has 1 aliphatic carbocycles. The lowest BCUT2D eigenvalue weighted by molar-refractivity contribution is -0.124. The van der Waals surface area contributed by atoms with Crippen molar-refractivity contribution in [3.8, 4) is 0 Å². The summed E-state index contributed by atoms with van der Waals surface area (Å²) in [5.41, 5.74) is 2.51. The zero-order chi connectivity index (χ0) is 16.2. The van der Waals surface area contributed by atoms with Gasteiger partial charge in [-0.05, 0) is 51.2 Å². The van der Waals surface area contributed by atoms with Crippen LogP contribution in [0.4, 0.5) is 0 Å². The number of benzene rings is 1. The number of carbonyl (C=O) groups excluding carboxylic acids is 1. The molecule has 0 aliphatic heterocycles. The maximum absolute atomic E-state index is 12.3. The van der Waals surface area contributed by atoms with E-state index in [1.54, 1.807) is 0 Å². The average Bonchev–Trinajstić information content (AvgIpc) is 2.85. The Morgan fingerprint density at radius 1 is 1.36 bits per heavy atom. The second-order valence-corrected chi connectivity index (χ2v) is 7.10. The normalized spacial score (nSPS) is 17.6. The van der Waals surface area contributed by atoms with Gasteiger partial charge in [0.25, 0.3) is 0 Å². The molecular weight excluding hydrogens is 276 g/mol. The number of hydrogen-bond donors (Lipinski definition) is 2. The Labute approximate surface area is 133 Å². The molecule has 1 aliphatic rings. The lowest BCUT2D eigenvalue weighted by atomic mass is 10.1. The smallest absolute Gasteiger partial charge is 0.234 e. The summed E-state index contributed by atoms with van der Waals surface area (Å²) in [7, 11) is 0. The second kappa shape index (κ2) is 7.25. The maximum atomic E-state index is 12.3. The first-order valence-corrected chi connectivity index (χ1v) is 8.14. The summed E-state index contributed by atoms with van der Waals surface area (Å²) < 4.78 is 0. The molecule has 1 unspecified atom stereocenters. The molecule has 0 aromatic heterocycles. The van der Waals surface area contributed by atoms with Gasteiger partial charge in [-0.2, -0.15) is 0 Å². The van der Waals surface area contributed by atoms with E-state index in [1.807, 2.05) is 20.8 Å². The van der Waals surface area contributed by atoms with Gasteiger partial charge in [-0.1, -0.05) is 24.3 Å². The molecule has 0 saturated heterocycles. The standard InChI is InChI=1S/C18H28N2O2/c1-18(2,3)19-17(22)13-20(11-6-12-21)16-10-9-14-7-4-5-8-15(14)16/h4-5,7-8,16,21H,6,9-13H2,1-3H3,(H,19,22). The minimum absolute atomic E-state index is 0.0508. The fourth-order valence-electron chi connectivity index (χ4n) is 3.18. The number of fused-ring (bicyclic) bond motifs is 1. The van der Waals surface area contributed by atoms with E-state index in [9.17, 15) is 4.79 Å². The largest absolute Gasteiger partial charge is 0.396 e. The number of aryl methyl sites for hydroxylation is 1. The van der Waals surface area contributed by atoms with Crippen LogP contribution >= 0.6 is 0 Å². The molecule has 1 amide bonds. The number of nitrogens with zero attached hydrogens (tertiary/aromatic N) is 1. The van der Waals surface area contributed by atoms with Crippen molar-refractivity contribution in [1.82, 2.24) is 10.2 Å². The minimum atomic E-state index is -0.215. The molecule has 4 nitrogen and oxygen atoms in total. The second-order valence-electron chi connectivity index (χ2n) is 7.10.